The molecule has 0 amide bonds. The van der Waals surface area contributed by atoms with Crippen molar-refractivity contribution in [2.24, 2.45) is 0 Å². The molecule has 0 aromatic heterocycles. The molecule has 0 aromatic carbocycles. The average molecular weight is 256 g/mol. The van der Waals surface area contributed by atoms with Gasteiger partial charge >= 0.3 is 0 Å². The molecular formula is C15H32N2O. The minimum absolute atomic E-state index is 0.384. The molecule has 1 N–H and O–H groups in total. The van der Waals surface area contributed by atoms with Gasteiger partial charge in [0.05, 0.1) is 12.7 Å². The molecule has 3 heteroatoms. The summed E-state index contributed by atoms with van der Waals surface area (Å²) in [5.74, 6) is 0. The summed E-state index contributed by atoms with van der Waals surface area (Å²) in [6, 6.07) is 0.541. The first kappa shape index (κ1) is 15.9. The van der Waals surface area contributed by atoms with Crippen LogP contribution in [0.25, 0.3) is 0 Å². The molecule has 0 bridgehead atoms. The number of likely N-dealkylation sites (N-methyl/N-ethyl adjacent to an activating group) is 2. The number of nitrogens with zero attached hydrogens (tertiary/aromatic N) is 1. The fourth-order valence-corrected chi connectivity index (χ4v) is 2.70. The van der Waals surface area contributed by atoms with Gasteiger partial charge < -0.3 is 15.0 Å². The number of hydrogen-bond donors (Lipinski definition) is 1. The lowest BCUT2D eigenvalue weighted by Crippen LogP contribution is -2.51. The second-order valence-corrected chi connectivity index (χ2v) is 5.54. The zero-order valence-corrected chi connectivity index (χ0v) is 12.6. The summed E-state index contributed by atoms with van der Waals surface area (Å²) >= 11 is 0. The lowest BCUT2D eigenvalue weighted by atomic mass is 10.0. The van der Waals surface area contributed by atoms with Crippen molar-refractivity contribution in [2.45, 2.75) is 64.5 Å². The van der Waals surface area contributed by atoms with Crippen LogP contribution in [0.15, 0.2) is 0 Å². The zero-order valence-electron chi connectivity index (χ0n) is 12.6. The van der Waals surface area contributed by atoms with Gasteiger partial charge in [0, 0.05) is 19.1 Å². The monoisotopic (exact) mass is 256 g/mol. The molecule has 1 fully saturated rings. The Morgan fingerprint density at radius 2 is 2.00 bits per heavy atom. The van der Waals surface area contributed by atoms with E-state index in [1.807, 2.05) is 0 Å². The molecule has 3 nitrogen and oxygen atoms in total. The van der Waals surface area contributed by atoms with Gasteiger partial charge in [-0.1, -0.05) is 46.0 Å². The van der Waals surface area contributed by atoms with E-state index in [1.165, 1.54) is 38.5 Å². The summed E-state index contributed by atoms with van der Waals surface area (Å²) in [5.41, 5.74) is 0. The van der Waals surface area contributed by atoms with Gasteiger partial charge in [-0.3, -0.25) is 0 Å². The van der Waals surface area contributed by atoms with Crippen LogP contribution in [0.2, 0.25) is 0 Å². The molecule has 2 unspecified atom stereocenters. The molecule has 0 radical (unpaired) electrons. The molecule has 108 valence electrons. The zero-order chi connectivity index (χ0) is 13.2. The molecule has 1 aliphatic rings. The molecule has 0 saturated carbocycles. The minimum atomic E-state index is 0.384. The van der Waals surface area contributed by atoms with E-state index in [0.29, 0.717) is 12.1 Å². The van der Waals surface area contributed by atoms with Crippen LogP contribution in [0.5, 0.6) is 0 Å². The van der Waals surface area contributed by atoms with Gasteiger partial charge in [0.1, 0.15) is 0 Å². The van der Waals surface area contributed by atoms with E-state index in [1.54, 1.807) is 0 Å². The number of nitrogens with one attached hydrogen (secondary N) is 1. The average Bonchev–Trinajstić information content (AvgIpc) is 2.37. The van der Waals surface area contributed by atoms with E-state index in [0.717, 1.165) is 26.2 Å². The van der Waals surface area contributed by atoms with Gasteiger partial charge in [-0.15, -0.1) is 0 Å². The van der Waals surface area contributed by atoms with Gasteiger partial charge in [0.2, 0.25) is 0 Å². The van der Waals surface area contributed by atoms with E-state index in [4.69, 9.17) is 4.74 Å². The quantitative estimate of drug-likeness (QED) is 0.642. The molecule has 1 heterocycles. The highest BCUT2D eigenvalue weighted by atomic mass is 16.5. The maximum absolute atomic E-state index is 5.94. The van der Waals surface area contributed by atoms with Crippen molar-refractivity contribution in [1.29, 1.82) is 0 Å². The van der Waals surface area contributed by atoms with Gasteiger partial charge in [-0.25, -0.2) is 0 Å². The van der Waals surface area contributed by atoms with Crippen molar-refractivity contribution in [2.75, 3.05) is 33.3 Å². The largest absolute Gasteiger partial charge is 0.374 e. The molecule has 18 heavy (non-hydrogen) atoms. The van der Waals surface area contributed by atoms with Crippen molar-refractivity contribution in [1.82, 2.24) is 10.2 Å². The molecule has 1 rings (SSSR count). The Kier molecular flexibility index (Phi) is 8.64. The molecule has 1 aliphatic heterocycles. The summed E-state index contributed by atoms with van der Waals surface area (Å²) in [5, 5.41) is 3.61. The van der Waals surface area contributed by atoms with Crippen LogP contribution < -0.4 is 5.32 Å². The van der Waals surface area contributed by atoms with E-state index in [9.17, 15) is 0 Å². The second-order valence-electron chi connectivity index (χ2n) is 5.54. The van der Waals surface area contributed by atoms with Crippen molar-refractivity contribution >= 4 is 0 Å². The predicted octanol–water partition coefficient (Wildman–Crippen LogP) is 2.66. The summed E-state index contributed by atoms with van der Waals surface area (Å²) in [7, 11) is 2.19. The van der Waals surface area contributed by atoms with E-state index in [2.05, 4.69) is 31.1 Å². The first-order chi connectivity index (χ1) is 8.77. The minimum Gasteiger partial charge on any atom is -0.374 e. The van der Waals surface area contributed by atoms with Crippen LogP contribution >= 0.6 is 0 Å². The van der Waals surface area contributed by atoms with Crippen LogP contribution in [0.1, 0.15) is 52.4 Å². The molecule has 0 aromatic rings. The van der Waals surface area contributed by atoms with Crippen molar-refractivity contribution in [3.63, 3.8) is 0 Å². The Bertz CT molecular complexity index is 199. The van der Waals surface area contributed by atoms with Gasteiger partial charge in [0.25, 0.3) is 0 Å². The first-order valence-electron chi connectivity index (χ1n) is 7.81. The lowest BCUT2D eigenvalue weighted by Gasteiger charge is -2.35. The molecule has 0 spiro atoms. The van der Waals surface area contributed by atoms with Crippen LogP contribution in [-0.4, -0.2) is 50.3 Å². The standard InChI is InChI=1S/C15H32N2O/c1-4-6-7-8-9-10-14(16-5-2)15-13-17(3)11-12-18-15/h14-16H,4-13H2,1-3H3. The highest BCUT2D eigenvalue weighted by Crippen LogP contribution is 2.14. The Balaban J connectivity index is 2.24. The van der Waals surface area contributed by atoms with Gasteiger partial charge in [-0.2, -0.15) is 0 Å². The summed E-state index contributed by atoms with van der Waals surface area (Å²) in [6.07, 6.45) is 8.45. The maximum atomic E-state index is 5.94. The van der Waals surface area contributed by atoms with Crippen LogP contribution in [0, 0.1) is 0 Å². The number of unbranched alkanes of at least 4 members (excludes halogenated alkanes) is 4. The molecular weight excluding hydrogens is 224 g/mol. The summed E-state index contributed by atoms with van der Waals surface area (Å²) in [4.78, 5) is 2.38. The van der Waals surface area contributed by atoms with E-state index in [-0.39, 0.29) is 0 Å². The Morgan fingerprint density at radius 1 is 1.22 bits per heavy atom. The molecule has 1 saturated heterocycles. The highest BCUT2D eigenvalue weighted by molar-refractivity contribution is 4.81. The molecule has 2 atom stereocenters. The fourth-order valence-electron chi connectivity index (χ4n) is 2.70. The lowest BCUT2D eigenvalue weighted by molar-refractivity contribution is -0.0399. The van der Waals surface area contributed by atoms with Gasteiger partial charge in [-0.05, 0) is 20.0 Å². The molecule has 0 aliphatic carbocycles. The van der Waals surface area contributed by atoms with Crippen LogP contribution in [0.3, 0.4) is 0 Å². The van der Waals surface area contributed by atoms with E-state index >= 15 is 0 Å². The van der Waals surface area contributed by atoms with Crippen LogP contribution in [0.4, 0.5) is 0 Å². The smallest absolute Gasteiger partial charge is 0.0855 e. The van der Waals surface area contributed by atoms with Gasteiger partial charge in [0.15, 0.2) is 0 Å². The summed E-state index contributed by atoms with van der Waals surface area (Å²) in [6.45, 7) is 8.55. The predicted molar refractivity (Wildman–Crippen MR) is 78.1 cm³/mol. The SMILES string of the molecule is CCCCCCCC(NCC)C1CN(C)CCO1. The fraction of sp³-hybridized carbons (Fsp3) is 1.00. The third-order valence-corrected chi connectivity index (χ3v) is 3.83. The Morgan fingerprint density at radius 3 is 2.67 bits per heavy atom. The second kappa shape index (κ2) is 9.76. The number of ether oxygens (including phenoxy) is 1. The Hall–Kier alpha value is -0.120. The van der Waals surface area contributed by atoms with Crippen LogP contribution in [-0.2, 0) is 4.74 Å². The topological polar surface area (TPSA) is 24.5 Å². The number of morpholine rings is 1. The van der Waals surface area contributed by atoms with Crippen molar-refractivity contribution in [3.05, 3.63) is 0 Å². The maximum Gasteiger partial charge on any atom is 0.0855 e. The van der Waals surface area contributed by atoms with Crippen molar-refractivity contribution in [3.8, 4) is 0 Å². The number of hydrogen-bond acceptors (Lipinski definition) is 3. The van der Waals surface area contributed by atoms with E-state index < -0.39 is 0 Å². The van der Waals surface area contributed by atoms with Crippen molar-refractivity contribution < 1.29 is 4.74 Å². The summed E-state index contributed by atoms with van der Waals surface area (Å²) < 4.78 is 5.94. The third kappa shape index (κ3) is 6.17. The first-order valence-corrected chi connectivity index (χ1v) is 7.81. The normalized spacial score (nSPS) is 23.2. The third-order valence-electron chi connectivity index (χ3n) is 3.83. The highest BCUT2D eigenvalue weighted by Gasteiger charge is 2.25. The number of rotatable bonds is 9. The Labute approximate surface area is 113 Å².